The summed E-state index contributed by atoms with van der Waals surface area (Å²) in [5.41, 5.74) is 1.17. The lowest BCUT2D eigenvalue weighted by Gasteiger charge is -2.29. The SMILES string of the molecule is CCN(CC)CCn1cc(NC2CCCSC2C)cn1. The zero-order valence-electron chi connectivity index (χ0n) is 13.0. The van der Waals surface area contributed by atoms with E-state index in [4.69, 9.17) is 0 Å². The number of nitrogens with zero attached hydrogens (tertiary/aromatic N) is 3. The van der Waals surface area contributed by atoms with Crippen LogP contribution in [0.4, 0.5) is 5.69 Å². The molecule has 4 nitrogen and oxygen atoms in total. The second-order valence-electron chi connectivity index (χ2n) is 5.49. The molecular weight excluding hydrogens is 268 g/mol. The second-order valence-corrected chi connectivity index (χ2v) is 6.97. The van der Waals surface area contributed by atoms with Crippen molar-refractivity contribution < 1.29 is 0 Å². The van der Waals surface area contributed by atoms with Crippen LogP contribution in [0.5, 0.6) is 0 Å². The van der Waals surface area contributed by atoms with E-state index >= 15 is 0 Å². The molecule has 1 N–H and O–H groups in total. The first-order valence-corrected chi connectivity index (χ1v) is 8.90. The van der Waals surface area contributed by atoms with Crippen LogP contribution in [0.2, 0.25) is 0 Å². The number of nitrogens with one attached hydrogen (secondary N) is 1. The van der Waals surface area contributed by atoms with Crippen LogP contribution < -0.4 is 5.32 Å². The molecular formula is C15H28N4S. The summed E-state index contributed by atoms with van der Waals surface area (Å²) >= 11 is 2.08. The van der Waals surface area contributed by atoms with Crippen molar-refractivity contribution in [3.63, 3.8) is 0 Å². The maximum atomic E-state index is 4.47. The van der Waals surface area contributed by atoms with Gasteiger partial charge in [0.25, 0.3) is 0 Å². The highest BCUT2D eigenvalue weighted by molar-refractivity contribution is 8.00. The van der Waals surface area contributed by atoms with Crippen LogP contribution in [-0.4, -0.2) is 51.4 Å². The molecule has 0 aromatic carbocycles. The third kappa shape index (κ3) is 4.42. The van der Waals surface area contributed by atoms with Crippen molar-refractivity contribution in [3.8, 4) is 0 Å². The van der Waals surface area contributed by atoms with Crippen LogP contribution in [0.3, 0.4) is 0 Å². The largest absolute Gasteiger partial charge is 0.379 e. The fourth-order valence-electron chi connectivity index (χ4n) is 2.67. The molecule has 1 aliphatic heterocycles. The van der Waals surface area contributed by atoms with Gasteiger partial charge in [0, 0.05) is 24.0 Å². The van der Waals surface area contributed by atoms with Crippen LogP contribution in [0.25, 0.3) is 0 Å². The van der Waals surface area contributed by atoms with Crippen molar-refractivity contribution in [2.45, 2.75) is 51.4 Å². The van der Waals surface area contributed by atoms with Crippen LogP contribution in [0, 0.1) is 0 Å². The molecule has 114 valence electrons. The van der Waals surface area contributed by atoms with Crippen LogP contribution in [0.15, 0.2) is 12.4 Å². The summed E-state index contributed by atoms with van der Waals surface area (Å²) in [7, 11) is 0. The molecule has 2 atom stereocenters. The third-order valence-corrected chi connectivity index (χ3v) is 5.51. The van der Waals surface area contributed by atoms with E-state index in [1.54, 1.807) is 0 Å². The number of likely N-dealkylation sites (N-methyl/N-ethyl adjacent to an activating group) is 1. The number of thioether (sulfide) groups is 1. The summed E-state index contributed by atoms with van der Waals surface area (Å²) in [5, 5.41) is 8.81. The summed E-state index contributed by atoms with van der Waals surface area (Å²) < 4.78 is 2.06. The van der Waals surface area contributed by atoms with E-state index < -0.39 is 0 Å². The summed E-state index contributed by atoms with van der Waals surface area (Å²) in [6.45, 7) is 11.0. The molecule has 1 aliphatic rings. The fraction of sp³-hybridized carbons (Fsp3) is 0.800. The fourth-order valence-corrected chi connectivity index (χ4v) is 3.81. The Balaban J connectivity index is 1.82. The lowest BCUT2D eigenvalue weighted by atomic mass is 10.1. The van der Waals surface area contributed by atoms with E-state index in [0.717, 1.165) is 26.2 Å². The molecule has 0 amide bonds. The Morgan fingerprint density at radius 3 is 2.95 bits per heavy atom. The van der Waals surface area contributed by atoms with Gasteiger partial charge in [0.1, 0.15) is 0 Å². The average Bonchev–Trinajstić information content (AvgIpc) is 2.90. The number of anilines is 1. The van der Waals surface area contributed by atoms with E-state index in [2.05, 4.69) is 58.7 Å². The first-order chi connectivity index (χ1) is 9.72. The van der Waals surface area contributed by atoms with Crippen molar-refractivity contribution >= 4 is 17.4 Å². The van der Waals surface area contributed by atoms with Crippen molar-refractivity contribution in [2.75, 3.05) is 30.7 Å². The summed E-state index contributed by atoms with van der Waals surface area (Å²) in [5.74, 6) is 1.31. The van der Waals surface area contributed by atoms with Crippen molar-refractivity contribution in [1.82, 2.24) is 14.7 Å². The Kier molecular flexibility index (Phi) is 6.23. The van der Waals surface area contributed by atoms with E-state index in [-0.39, 0.29) is 0 Å². The molecule has 0 radical (unpaired) electrons. The quantitative estimate of drug-likeness (QED) is 0.839. The molecule has 2 unspecified atom stereocenters. The second kappa shape index (κ2) is 7.93. The number of rotatable bonds is 7. The van der Waals surface area contributed by atoms with Gasteiger partial charge in [-0.3, -0.25) is 4.68 Å². The molecule has 20 heavy (non-hydrogen) atoms. The number of hydrogen-bond acceptors (Lipinski definition) is 4. The first-order valence-electron chi connectivity index (χ1n) is 7.85. The minimum Gasteiger partial charge on any atom is -0.379 e. The highest BCUT2D eigenvalue weighted by Gasteiger charge is 2.21. The summed E-state index contributed by atoms with van der Waals surface area (Å²) in [6, 6.07) is 0.592. The van der Waals surface area contributed by atoms with Crippen molar-refractivity contribution in [2.24, 2.45) is 0 Å². The van der Waals surface area contributed by atoms with Gasteiger partial charge in [-0.15, -0.1) is 0 Å². The monoisotopic (exact) mass is 296 g/mol. The van der Waals surface area contributed by atoms with E-state index in [1.165, 1.54) is 24.3 Å². The molecule has 2 heterocycles. The Morgan fingerprint density at radius 2 is 2.25 bits per heavy atom. The number of aromatic nitrogens is 2. The van der Waals surface area contributed by atoms with Crippen LogP contribution >= 0.6 is 11.8 Å². The zero-order valence-corrected chi connectivity index (χ0v) is 13.8. The lowest BCUT2D eigenvalue weighted by molar-refractivity contribution is 0.285. The molecule has 1 aromatic rings. The molecule has 0 saturated carbocycles. The van der Waals surface area contributed by atoms with Crippen molar-refractivity contribution in [1.29, 1.82) is 0 Å². The van der Waals surface area contributed by atoms with Gasteiger partial charge in [-0.1, -0.05) is 20.8 Å². The van der Waals surface area contributed by atoms with Gasteiger partial charge in [-0.2, -0.15) is 16.9 Å². The smallest absolute Gasteiger partial charge is 0.0729 e. The molecule has 1 fully saturated rings. The standard InChI is InChI=1S/C15H28N4S/c1-4-18(5-2)8-9-19-12-14(11-16-19)17-15-7-6-10-20-13(15)3/h11-13,15,17H,4-10H2,1-3H3. The van der Waals surface area contributed by atoms with E-state index in [9.17, 15) is 0 Å². The highest BCUT2D eigenvalue weighted by atomic mass is 32.2. The van der Waals surface area contributed by atoms with E-state index in [1.807, 2.05) is 6.20 Å². The van der Waals surface area contributed by atoms with Gasteiger partial charge in [-0.25, -0.2) is 0 Å². The topological polar surface area (TPSA) is 33.1 Å². The highest BCUT2D eigenvalue weighted by Crippen LogP contribution is 2.27. The molecule has 0 aliphatic carbocycles. The molecule has 0 spiro atoms. The van der Waals surface area contributed by atoms with Gasteiger partial charge >= 0.3 is 0 Å². The summed E-state index contributed by atoms with van der Waals surface area (Å²) in [6.07, 6.45) is 6.71. The Morgan fingerprint density at radius 1 is 1.45 bits per heavy atom. The number of hydrogen-bond donors (Lipinski definition) is 1. The maximum absolute atomic E-state index is 4.47. The molecule has 1 aromatic heterocycles. The first kappa shape index (κ1) is 15.7. The third-order valence-electron chi connectivity index (χ3n) is 4.13. The van der Waals surface area contributed by atoms with Crippen molar-refractivity contribution in [3.05, 3.63) is 12.4 Å². The van der Waals surface area contributed by atoms with Crippen LogP contribution in [-0.2, 0) is 6.54 Å². The Hall–Kier alpha value is -0.680. The normalized spacial score (nSPS) is 23.2. The maximum Gasteiger partial charge on any atom is 0.0729 e. The minimum atomic E-state index is 0.592. The van der Waals surface area contributed by atoms with Gasteiger partial charge < -0.3 is 10.2 Å². The zero-order chi connectivity index (χ0) is 14.4. The van der Waals surface area contributed by atoms with Crippen LogP contribution in [0.1, 0.15) is 33.6 Å². The molecule has 1 saturated heterocycles. The molecule has 0 bridgehead atoms. The van der Waals surface area contributed by atoms with Gasteiger partial charge in [0.05, 0.1) is 18.4 Å². The minimum absolute atomic E-state index is 0.592. The average molecular weight is 296 g/mol. The summed E-state index contributed by atoms with van der Waals surface area (Å²) in [4.78, 5) is 2.43. The predicted octanol–water partition coefficient (Wildman–Crippen LogP) is 2.92. The van der Waals surface area contributed by atoms with E-state index in [0.29, 0.717) is 11.3 Å². The molecule has 5 heteroatoms. The Bertz CT molecular complexity index is 389. The Labute approximate surface area is 127 Å². The van der Waals surface area contributed by atoms with Gasteiger partial charge in [0.15, 0.2) is 0 Å². The molecule has 2 rings (SSSR count). The van der Waals surface area contributed by atoms with Gasteiger partial charge in [-0.05, 0) is 31.7 Å². The lowest BCUT2D eigenvalue weighted by Crippen LogP contribution is -2.32. The predicted molar refractivity (Wildman–Crippen MR) is 88.6 cm³/mol. The van der Waals surface area contributed by atoms with Gasteiger partial charge in [0.2, 0.25) is 0 Å².